The van der Waals surface area contributed by atoms with Crippen LogP contribution in [0.4, 0.5) is 8.78 Å². The van der Waals surface area contributed by atoms with Crippen LogP contribution in [0.25, 0.3) is 0 Å². The Balaban J connectivity index is 1.86. The average molecular weight is 282 g/mol. The summed E-state index contributed by atoms with van der Waals surface area (Å²) in [5.41, 5.74) is 1.58. The van der Waals surface area contributed by atoms with Gasteiger partial charge in [0.25, 0.3) is 0 Å². The van der Waals surface area contributed by atoms with E-state index in [0.29, 0.717) is 18.7 Å². The highest BCUT2D eigenvalue weighted by Gasteiger charge is 2.07. The first-order chi connectivity index (χ1) is 9.15. The van der Waals surface area contributed by atoms with Crippen LogP contribution in [0, 0.1) is 11.6 Å². The lowest BCUT2D eigenvalue weighted by Gasteiger charge is -2.11. The van der Waals surface area contributed by atoms with Crippen molar-refractivity contribution in [2.24, 2.45) is 0 Å². The summed E-state index contributed by atoms with van der Waals surface area (Å²) in [5, 5.41) is 2.92. The van der Waals surface area contributed by atoms with Gasteiger partial charge in [0, 0.05) is 19.2 Å². The van der Waals surface area contributed by atoms with Gasteiger partial charge in [0.1, 0.15) is 11.6 Å². The fraction of sp³-hybridized carbons (Fsp3) is 0.200. The first kappa shape index (κ1) is 14.0. The van der Waals surface area contributed by atoms with Crippen molar-refractivity contribution in [1.82, 2.24) is 5.32 Å². The lowest BCUT2D eigenvalue weighted by molar-refractivity contribution is 0.574. The van der Waals surface area contributed by atoms with Gasteiger partial charge in [-0.25, -0.2) is 8.78 Å². The molecule has 1 unspecified atom stereocenters. The third-order valence-electron chi connectivity index (χ3n) is 2.74. The molecule has 0 heterocycles. The Morgan fingerprint density at radius 2 is 1.63 bits per heavy atom. The maximum atomic E-state index is 13.0. The summed E-state index contributed by atoms with van der Waals surface area (Å²) in [4.78, 5) is 0. The minimum Gasteiger partial charge on any atom is -0.311 e. The van der Waals surface area contributed by atoms with Crippen LogP contribution >= 0.6 is 11.6 Å². The standard InChI is InChI=1S/C15H14ClF2N/c16-15(12-4-2-1-3-5-12)10-19-9-11-6-13(17)8-14(18)7-11/h1-8,15,19H,9-10H2. The zero-order valence-electron chi connectivity index (χ0n) is 10.2. The van der Waals surface area contributed by atoms with Gasteiger partial charge in [0.15, 0.2) is 0 Å². The van der Waals surface area contributed by atoms with Crippen molar-refractivity contribution in [3.8, 4) is 0 Å². The van der Waals surface area contributed by atoms with E-state index in [-0.39, 0.29) is 5.38 Å². The normalized spacial score (nSPS) is 12.4. The molecule has 0 aromatic heterocycles. The zero-order valence-corrected chi connectivity index (χ0v) is 11.0. The summed E-state index contributed by atoms with van der Waals surface area (Å²) in [6.45, 7) is 0.911. The molecule has 0 aliphatic rings. The van der Waals surface area contributed by atoms with E-state index in [4.69, 9.17) is 11.6 Å². The molecular weight excluding hydrogens is 268 g/mol. The van der Waals surface area contributed by atoms with Crippen LogP contribution in [-0.2, 0) is 6.54 Å². The van der Waals surface area contributed by atoms with Crippen molar-refractivity contribution in [2.45, 2.75) is 11.9 Å². The van der Waals surface area contributed by atoms with Gasteiger partial charge in [-0.3, -0.25) is 0 Å². The molecule has 0 aliphatic heterocycles. The lowest BCUT2D eigenvalue weighted by atomic mass is 10.1. The Morgan fingerprint density at radius 1 is 1.00 bits per heavy atom. The molecule has 1 atom stereocenters. The van der Waals surface area contributed by atoms with E-state index >= 15 is 0 Å². The molecule has 2 aromatic carbocycles. The van der Waals surface area contributed by atoms with E-state index in [1.807, 2.05) is 30.3 Å². The van der Waals surface area contributed by atoms with E-state index < -0.39 is 11.6 Å². The molecule has 0 saturated heterocycles. The molecule has 2 aromatic rings. The highest BCUT2D eigenvalue weighted by molar-refractivity contribution is 6.21. The molecule has 2 rings (SSSR count). The minimum atomic E-state index is -0.567. The predicted octanol–water partition coefficient (Wildman–Crippen LogP) is 4.03. The Bertz CT molecular complexity index is 511. The number of hydrogen-bond acceptors (Lipinski definition) is 1. The molecule has 0 radical (unpaired) electrons. The van der Waals surface area contributed by atoms with E-state index in [9.17, 15) is 8.78 Å². The first-order valence-corrected chi connectivity index (χ1v) is 6.43. The Hall–Kier alpha value is -1.45. The van der Waals surface area contributed by atoms with Gasteiger partial charge >= 0.3 is 0 Å². The fourth-order valence-corrected chi connectivity index (χ4v) is 2.09. The number of halogens is 3. The smallest absolute Gasteiger partial charge is 0.126 e. The van der Waals surface area contributed by atoms with Crippen molar-refractivity contribution < 1.29 is 8.78 Å². The molecule has 0 amide bonds. The van der Waals surface area contributed by atoms with Crippen LogP contribution < -0.4 is 5.32 Å². The predicted molar refractivity (Wildman–Crippen MR) is 73.1 cm³/mol. The summed E-state index contributed by atoms with van der Waals surface area (Å²) in [7, 11) is 0. The maximum absolute atomic E-state index is 13.0. The molecule has 1 nitrogen and oxygen atoms in total. The Morgan fingerprint density at radius 3 is 2.26 bits per heavy atom. The third kappa shape index (κ3) is 4.30. The lowest BCUT2D eigenvalue weighted by Crippen LogP contribution is -2.18. The second-order valence-electron chi connectivity index (χ2n) is 4.29. The van der Waals surface area contributed by atoms with Gasteiger partial charge in [-0.15, -0.1) is 11.6 Å². The first-order valence-electron chi connectivity index (χ1n) is 6.00. The van der Waals surface area contributed by atoms with Crippen LogP contribution in [0.15, 0.2) is 48.5 Å². The highest BCUT2D eigenvalue weighted by atomic mass is 35.5. The van der Waals surface area contributed by atoms with Gasteiger partial charge in [-0.1, -0.05) is 30.3 Å². The quantitative estimate of drug-likeness (QED) is 0.816. The van der Waals surface area contributed by atoms with Crippen molar-refractivity contribution >= 4 is 11.6 Å². The van der Waals surface area contributed by atoms with Gasteiger partial charge in [-0.05, 0) is 23.3 Å². The molecule has 4 heteroatoms. The van der Waals surface area contributed by atoms with Crippen molar-refractivity contribution in [3.63, 3.8) is 0 Å². The Kier molecular flexibility index (Phi) is 4.88. The molecular formula is C15H14ClF2N. The summed E-state index contributed by atoms with van der Waals surface area (Å²) < 4.78 is 26.0. The van der Waals surface area contributed by atoms with Crippen molar-refractivity contribution in [3.05, 3.63) is 71.3 Å². The van der Waals surface area contributed by atoms with Crippen molar-refractivity contribution in [1.29, 1.82) is 0 Å². The van der Waals surface area contributed by atoms with Gasteiger partial charge < -0.3 is 5.32 Å². The summed E-state index contributed by atoms with van der Waals surface area (Å²) in [6.07, 6.45) is 0. The van der Waals surface area contributed by atoms with Gasteiger partial charge in [-0.2, -0.15) is 0 Å². The van der Waals surface area contributed by atoms with E-state index in [2.05, 4.69) is 5.32 Å². The van der Waals surface area contributed by atoms with Gasteiger partial charge in [0.2, 0.25) is 0 Å². The SMILES string of the molecule is Fc1cc(F)cc(CNCC(Cl)c2ccccc2)c1. The highest BCUT2D eigenvalue weighted by Crippen LogP contribution is 2.18. The molecule has 0 fully saturated rings. The zero-order chi connectivity index (χ0) is 13.7. The van der Waals surface area contributed by atoms with Crippen molar-refractivity contribution in [2.75, 3.05) is 6.54 Å². The van der Waals surface area contributed by atoms with Crippen LogP contribution in [0.1, 0.15) is 16.5 Å². The molecule has 100 valence electrons. The van der Waals surface area contributed by atoms with E-state index in [1.54, 1.807) is 0 Å². The van der Waals surface area contributed by atoms with Gasteiger partial charge in [0.05, 0.1) is 5.38 Å². The second-order valence-corrected chi connectivity index (χ2v) is 4.81. The topological polar surface area (TPSA) is 12.0 Å². The molecule has 0 spiro atoms. The second kappa shape index (κ2) is 6.64. The minimum absolute atomic E-state index is 0.167. The monoisotopic (exact) mass is 281 g/mol. The largest absolute Gasteiger partial charge is 0.311 e. The Labute approximate surface area is 116 Å². The molecule has 19 heavy (non-hydrogen) atoms. The molecule has 0 aliphatic carbocycles. The molecule has 0 bridgehead atoms. The number of nitrogens with one attached hydrogen (secondary N) is 1. The number of hydrogen-bond donors (Lipinski definition) is 1. The molecule has 0 saturated carbocycles. The van der Waals surface area contributed by atoms with Crippen LogP contribution in [-0.4, -0.2) is 6.54 Å². The number of alkyl halides is 1. The summed E-state index contributed by atoms with van der Waals surface area (Å²) in [5.74, 6) is -1.13. The van der Waals surface area contributed by atoms with Crippen LogP contribution in [0.3, 0.4) is 0 Å². The maximum Gasteiger partial charge on any atom is 0.126 e. The third-order valence-corrected chi connectivity index (χ3v) is 3.14. The fourth-order valence-electron chi connectivity index (χ4n) is 1.84. The van der Waals surface area contributed by atoms with E-state index in [1.165, 1.54) is 12.1 Å². The average Bonchev–Trinajstić information content (AvgIpc) is 2.38. The van der Waals surface area contributed by atoms with Crippen LogP contribution in [0.2, 0.25) is 0 Å². The van der Waals surface area contributed by atoms with Crippen LogP contribution in [0.5, 0.6) is 0 Å². The summed E-state index contributed by atoms with van der Waals surface area (Å²) in [6, 6.07) is 13.1. The number of benzene rings is 2. The summed E-state index contributed by atoms with van der Waals surface area (Å²) >= 11 is 6.22. The number of rotatable bonds is 5. The van der Waals surface area contributed by atoms with E-state index in [0.717, 1.165) is 11.6 Å². The molecule has 1 N–H and O–H groups in total.